The highest BCUT2D eigenvalue weighted by molar-refractivity contribution is 5.65. The predicted molar refractivity (Wildman–Crippen MR) is 56.6 cm³/mol. The van der Waals surface area contributed by atoms with Gasteiger partial charge < -0.3 is 19.3 Å². The van der Waals surface area contributed by atoms with Crippen LogP contribution in [-0.2, 0) is 19.0 Å². The van der Waals surface area contributed by atoms with Gasteiger partial charge in [0, 0.05) is 6.92 Å². The van der Waals surface area contributed by atoms with Crippen LogP contribution in [0.25, 0.3) is 0 Å². The summed E-state index contributed by atoms with van der Waals surface area (Å²) >= 11 is 0. The van der Waals surface area contributed by atoms with E-state index in [1.807, 2.05) is 0 Å². The number of esters is 1. The monoisotopic (exact) mass is 228 g/mol. The summed E-state index contributed by atoms with van der Waals surface area (Å²) in [6.45, 7) is 5.19. The second-order valence-corrected chi connectivity index (χ2v) is 3.38. The van der Waals surface area contributed by atoms with Crippen molar-refractivity contribution in [3.8, 4) is 0 Å². The largest absolute Gasteiger partial charge is 0.492 e. The second kappa shape index (κ2) is 6.30. The van der Waals surface area contributed by atoms with Gasteiger partial charge in [-0.3, -0.25) is 4.79 Å². The maximum absolute atomic E-state index is 10.7. The molecule has 1 aliphatic rings. The number of hydrogen-bond acceptors (Lipinski definition) is 5. The molecule has 0 saturated heterocycles. The molecule has 1 N–H and O–H groups in total. The zero-order valence-electron chi connectivity index (χ0n) is 9.17. The lowest BCUT2D eigenvalue weighted by molar-refractivity contribution is -0.153. The topological polar surface area (TPSA) is 65.0 Å². The van der Waals surface area contributed by atoms with E-state index in [2.05, 4.69) is 6.58 Å². The molecule has 0 fully saturated rings. The Balaban J connectivity index is 2.53. The van der Waals surface area contributed by atoms with E-state index in [0.29, 0.717) is 6.61 Å². The summed E-state index contributed by atoms with van der Waals surface area (Å²) in [6.07, 6.45) is 2.62. The van der Waals surface area contributed by atoms with E-state index in [-0.39, 0.29) is 6.61 Å². The molecule has 0 unspecified atom stereocenters. The van der Waals surface area contributed by atoms with Gasteiger partial charge in [0.15, 0.2) is 6.10 Å². The van der Waals surface area contributed by atoms with E-state index >= 15 is 0 Å². The average molecular weight is 228 g/mol. The SMILES string of the molecule is C=CCO[C@H]1[C@H](O)C=CO[C@@H]1COC(C)=O. The number of carbonyl (C=O) groups is 1. The number of aliphatic hydroxyl groups is 1. The Morgan fingerprint density at radius 1 is 1.69 bits per heavy atom. The van der Waals surface area contributed by atoms with Crippen molar-refractivity contribution in [2.75, 3.05) is 13.2 Å². The fraction of sp³-hybridized carbons (Fsp3) is 0.545. The highest BCUT2D eigenvalue weighted by atomic mass is 16.6. The molecule has 90 valence electrons. The van der Waals surface area contributed by atoms with Gasteiger partial charge in [0.25, 0.3) is 0 Å². The molecule has 0 aromatic carbocycles. The lowest BCUT2D eigenvalue weighted by atomic mass is 10.1. The van der Waals surface area contributed by atoms with Gasteiger partial charge in [0.05, 0.1) is 12.9 Å². The summed E-state index contributed by atoms with van der Waals surface area (Å²) in [6, 6.07) is 0. The van der Waals surface area contributed by atoms with E-state index in [1.54, 1.807) is 6.08 Å². The minimum Gasteiger partial charge on any atom is -0.492 e. The molecule has 0 bridgehead atoms. The fourth-order valence-electron chi connectivity index (χ4n) is 1.35. The molecule has 1 aliphatic heterocycles. The minimum atomic E-state index is -0.769. The summed E-state index contributed by atoms with van der Waals surface area (Å²) in [5.41, 5.74) is 0. The quantitative estimate of drug-likeness (QED) is 0.545. The Hall–Kier alpha value is -1.33. The van der Waals surface area contributed by atoms with Crippen LogP contribution in [0.4, 0.5) is 0 Å². The molecule has 3 atom stereocenters. The summed E-state index contributed by atoms with van der Waals surface area (Å²) in [7, 11) is 0. The van der Waals surface area contributed by atoms with Crippen molar-refractivity contribution in [2.45, 2.75) is 25.2 Å². The molecule has 1 heterocycles. The van der Waals surface area contributed by atoms with Crippen molar-refractivity contribution >= 4 is 5.97 Å². The first-order valence-electron chi connectivity index (χ1n) is 5.01. The normalized spacial score (nSPS) is 28.2. The molecule has 0 aromatic heterocycles. The van der Waals surface area contributed by atoms with E-state index < -0.39 is 24.3 Å². The van der Waals surface area contributed by atoms with Crippen molar-refractivity contribution in [3.05, 3.63) is 25.0 Å². The van der Waals surface area contributed by atoms with Crippen LogP contribution in [-0.4, -0.2) is 42.6 Å². The molecule has 0 saturated carbocycles. The maximum atomic E-state index is 10.7. The summed E-state index contributed by atoms with van der Waals surface area (Å²) in [5.74, 6) is -0.393. The lowest BCUT2D eigenvalue weighted by Crippen LogP contribution is -2.45. The molecule has 0 aliphatic carbocycles. The Bertz CT molecular complexity index is 274. The zero-order valence-corrected chi connectivity index (χ0v) is 9.17. The molecular formula is C11H16O5. The second-order valence-electron chi connectivity index (χ2n) is 3.38. The van der Waals surface area contributed by atoms with Crippen LogP contribution in [0.5, 0.6) is 0 Å². The van der Waals surface area contributed by atoms with Crippen LogP contribution < -0.4 is 0 Å². The number of aliphatic hydroxyl groups excluding tert-OH is 1. The first-order chi connectivity index (χ1) is 7.65. The van der Waals surface area contributed by atoms with Crippen LogP contribution in [0.3, 0.4) is 0 Å². The van der Waals surface area contributed by atoms with Gasteiger partial charge in [0.1, 0.15) is 18.8 Å². The molecule has 5 heteroatoms. The molecule has 0 spiro atoms. The predicted octanol–water partition coefficient (Wildman–Crippen LogP) is 0.394. The number of hydrogen-bond donors (Lipinski definition) is 1. The standard InChI is InChI=1S/C11H16O5/c1-3-5-15-11-9(13)4-6-14-10(11)7-16-8(2)12/h3-4,6,9-11,13H,1,5,7H2,2H3/t9-,10-,11+/m1/s1. The van der Waals surface area contributed by atoms with Crippen LogP contribution in [0.2, 0.25) is 0 Å². The van der Waals surface area contributed by atoms with E-state index in [0.717, 1.165) is 0 Å². The first-order valence-corrected chi connectivity index (χ1v) is 5.01. The van der Waals surface area contributed by atoms with Gasteiger partial charge in [-0.2, -0.15) is 0 Å². The summed E-state index contributed by atoms with van der Waals surface area (Å²) in [4.78, 5) is 10.7. The number of carbonyl (C=O) groups excluding carboxylic acids is 1. The van der Waals surface area contributed by atoms with E-state index in [4.69, 9.17) is 14.2 Å². The van der Waals surface area contributed by atoms with Crippen molar-refractivity contribution < 1.29 is 24.1 Å². The van der Waals surface area contributed by atoms with E-state index in [9.17, 15) is 9.90 Å². The van der Waals surface area contributed by atoms with Crippen LogP contribution in [0.1, 0.15) is 6.92 Å². The summed E-state index contributed by atoms with van der Waals surface area (Å²) in [5, 5.41) is 9.66. The lowest BCUT2D eigenvalue weighted by Gasteiger charge is -2.31. The Morgan fingerprint density at radius 3 is 3.06 bits per heavy atom. The van der Waals surface area contributed by atoms with Crippen LogP contribution in [0.15, 0.2) is 25.0 Å². The fourth-order valence-corrected chi connectivity index (χ4v) is 1.35. The van der Waals surface area contributed by atoms with Gasteiger partial charge in [-0.15, -0.1) is 6.58 Å². The molecule has 1 rings (SSSR count). The van der Waals surface area contributed by atoms with Crippen molar-refractivity contribution in [1.29, 1.82) is 0 Å². The maximum Gasteiger partial charge on any atom is 0.302 e. The van der Waals surface area contributed by atoms with Gasteiger partial charge in [-0.25, -0.2) is 0 Å². The zero-order chi connectivity index (χ0) is 12.0. The Morgan fingerprint density at radius 2 is 2.44 bits per heavy atom. The van der Waals surface area contributed by atoms with Crippen LogP contribution in [0, 0.1) is 0 Å². The molecule has 0 amide bonds. The van der Waals surface area contributed by atoms with E-state index in [1.165, 1.54) is 19.3 Å². The first kappa shape index (κ1) is 12.7. The highest BCUT2D eigenvalue weighted by Crippen LogP contribution is 2.16. The average Bonchev–Trinajstić information content (AvgIpc) is 2.25. The van der Waals surface area contributed by atoms with Crippen LogP contribution >= 0.6 is 0 Å². The van der Waals surface area contributed by atoms with Crippen molar-refractivity contribution in [1.82, 2.24) is 0 Å². The smallest absolute Gasteiger partial charge is 0.302 e. The van der Waals surface area contributed by atoms with Crippen molar-refractivity contribution in [2.24, 2.45) is 0 Å². The molecular weight excluding hydrogens is 212 g/mol. The molecule has 0 aromatic rings. The summed E-state index contributed by atoms with van der Waals surface area (Å²) < 4.78 is 15.4. The van der Waals surface area contributed by atoms with Gasteiger partial charge >= 0.3 is 5.97 Å². The number of rotatable bonds is 5. The highest BCUT2D eigenvalue weighted by Gasteiger charge is 2.32. The molecule has 5 nitrogen and oxygen atoms in total. The molecule has 0 radical (unpaired) electrons. The minimum absolute atomic E-state index is 0.0541. The third kappa shape index (κ3) is 3.67. The van der Waals surface area contributed by atoms with Gasteiger partial charge in [-0.1, -0.05) is 6.08 Å². The number of ether oxygens (including phenoxy) is 3. The third-order valence-electron chi connectivity index (χ3n) is 2.09. The Labute approximate surface area is 94.3 Å². The van der Waals surface area contributed by atoms with Gasteiger partial charge in [-0.05, 0) is 6.08 Å². The van der Waals surface area contributed by atoms with Gasteiger partial charge in [0.2, 0.25) is 0 Å². The van der Waals surface area contributed by atoms with Crippen molar-refractivity contribution in [3.63, 3.8) is 0 Å². The third-order valence-corrected chi connectivity index (χ3v) is 2.09. The molecule has 16 heavy (non-hydrogen) atoms. The Kier molecular flexibility index (Phi) is 5.01.